The van der Waals surface area contributed by atoms with Gasteiger partial charge in [0.1, 0.15) is 17.3 Å². The molecule has 5 rings (SSSR count). The van der Waals surface area contributed by atoms with Crippen molar-refractivity contribution < 1.29 is 23.0 Å². The van der Waals surface area contributed by atoms with Crippen molar-refractivity contribution >= 4 is 28.0 Å². The first-order chi connectivity index (χ1) is 17.5. The third kappa shape index (κ3) is 4.28. The molecule has 4 aromatic rings. The van der Waals surface area contributed by atoms with Crippen LogP contribution in [0.25, 0.3) is 22.0 Å². The Kier molecular flexibility index (Phi) is 6.38. The summed E-state index contributed by atoms with van der Waals surface area (Å²) >= 11 is 0. The smallest absolute Gasteiger partial charge is 0.335 e. The Morgan fingerprint density at radius 3 is 2.58 bits per heavy atom. The number of nitrogens with one attached hydrogen (secondary N) is 1. The molecule has 1 heterocycles. The highest BCUT2D eigenvalue weighted by Crippen LogP contribution is 2.47. The fourth-order valence-electron chi connectivity index (χ4n) is 4.60. The van der Waals surface area contributed by atoms with Crippen molar-refractivity contribution in [3.05, 3.63) is 102 Å². The summed E-state index contributed by atoms with van der Waals surface area (Å²) in [6.45, 7) is 3.49. The third-order valence-electron chi connectivity index (χ3n) is 6.58. The van der Waals surface area contributed by atoms with Crippen molar-refractivity contribution in [1.29, 1.82) is 0 Å². The molecule has 0 atom stereocenters. The van der Waals surface area contributed by atoms with Gasteiger partial charge in [0.2, 0.25) is 5.95 Å². The average Bonchev–Trinajstić information content (AvgIpc) is 3.23. The second-order valence-electron chi connectivity index (χ2n) is 8.65. The summed E-state index contributed by atoms with van der Waals surface area (Å²) in [6.07, 6.45) is 3.85. The molecule has 0 aliphatic heterocycles. The maximum Gasteiger partial charge on any atom is 0.335 e. The molecule has 5 nitrogen and oxygen atoms in total. The van der Waals surface area contributed by atoms with Crippen LogP contribution in [0.2, 0.25) is 0 Å². The lowest BCUT2D eigenvalue weighted by molar-refractivity contribution is -0.128. The Bertz CT molecular complexity index is 1500. The van der Waals surface area contributed by atoms with Crippen molar-refractivity contribution in [3.63, 3.8) is 0 Å². The van der Waals surface area contributed by atoms with E-state index in [1.54, 1.807) is 36.4 Å². The molecule has 1 N–H and O–H groups in total. The molecule has 0 amide bonds. The van der Waals surface area contributed by atoms with Crippen LogP contribution in [0.15, 0.2) is 73.3 Å². The lowest BCUT2D eigenvalue weighted by atomic mass is 9.73. The number of benzene rings is 3. The lowest BCUT2D eigenvalue weighted by Crippen LogP contribution is -2.16. The first-order valence-electron chi connectivity index (χ1n) is 11.7. The lowest BCUT2D eigenvalue weighted by Gasteiger charge is -2.32. The van der Waals surface area contributed by atoms with Crippen molar-refractivity contribution in [2.45, 2.75) is 19.3 Å². The number of hydrogen-bond acceptors (Lipinski definition) is 4. The van der Waals surface area contributed by atoms with Gasteiger partial charge in [0.15, 0.2) is 0 Å². The minimum atomic E-state index is -0.612. The predicted molar refractivity (Wildman–Crippen MR) is 135 cm³/mol. The van der Waals surface area contributed by atoms with E-state index in [9.17, 15) is 9.18 Å². The van der Waals surface area contributed by atoms with Gasteiger partial charge < -0.3 is 9.47 Å². The highest BCUT2D eigenvalue weighted by Gasteiger charge is 2.30. The van der Waals surface area contributed by atoms with Gasteiger partial charge in [0.25, 0.3) is 0 Å². The molecule has 3 aromatic carbocycles. The van der Waals surface area contributed by atoms with Crippen molar-refractivity contribution in [2.24, 2.45) is 5.92 Å². The second-order valence-corrected chi connectivity index (χ2v) is 8.65. The summed E-state index contributed by atoms with van der Waals surface area (Å²) < 4.78 is 40.8. The highest BCUT2D eigenvalue weighted by atomic mass is 19.1. The van der Waals surface area contributed by atoms with Gasteiger partial charge in [-0.2, -0.15) is 9.49 Å². The number of aromatic nitrogens is 2. The van der Waals surface area contributed by atoms with E-state index in [0.717, 1.165) is 30.9 Å². The van der Waals surface area contributed by atoms with Gasteiger partial charge in [-0.05, 0) is 65.8 Å². The number of aromatic amines is 1. The summed E-state index contributed by atoms with van der Waals surface area (Å²) in [7, 11) is 1.49. The molecule has 0 unspecified atom stereocenters. The molecule has 36 heavy (non-hydrogen) atoms. The van der Waals surface area contributed by atoms with E-state index in [1.165, 1.54) is 13.2 Å². The predicted octanol–water partition coefficient (Wildman–Crippen LogP) is 6.70. The SMILES string of the molecule is C=CC(=O)Oc1ccccc1/C(=C(\c1ccc(OC)cc1F)C1CCC1)c1ccc2n[nH]c(F)c2c1. The number of rotatable bonds is 7. The molecule has 1 aromatic heterocycles. The minimum Gasteiger partial charge on any atom is -0.497 e. The van der Waals surface area contributed by atoms with Gasteiger partial charge in [0, 0.05) is 23.3 Å². The molecule has 0 bridgehead atoms. The van der Waals surface area contributed by atoms with Crippen LogP contribution < -0.4 is 9.47 Å². The number of ether oxygens (including phenoxy) is 2. The molecule has 0 radical (unpaired) electrons. The molecular weight excluding hydrogens is 462 g/mol. The van der Waals surface area contributed by atoms with E-state index in [1.807, 2.05) is 18.2 Å². The number of fused-ring (bicyclic) bond motifs is 1. The first-order valence-corrected chi connectivity index (χ1v) is 11.7. The second kappa shape index (κ2) is 9.77. The van der Waals surface area contributed by atoms with Crippen LogP contribution >= 0.6 is 0 Å². The number of H-pyrrole nitrogens is 1. The highest BCUT2D eigenvalue weighted by molar-refractivity contribution is 6.03. The number of methoxy groups -OCH3 is 1. The maximum atomic E-state index is 15.5. The van der Waals surface area contributed by atoms with Crippen LogP contribution in [-0.4, -0.2) is 23.3 Å². The first kappa shape index (κ1) is 23.5. The van der Waals surface area contributed by atoms with Gasteiger partial charge >= 0.3 is 5.97 Å². The number of carbonyl (C=O) groups excluding carboxylic acids is 1. The van der Waals surface area contributed by atoms with E-state index in [2.05, 4.69) is 16.8 Å². The minimum absolute atomic E-state index is 0.0657. The summed E-state index contributed by atoms with van der Waals surface area (Å²) in [5.74, 6) is -0.818. The van der Waals surface area contributed by atoms with E-state index in [0.29, 0.717) is 44.7 Å². The summed E-state index contributed by atoms with van der Waals surface area (Å²) in [6, 6.07) is 17.1. The molecule has 0 spiro atoms. The third-order valence-corrected chi connectivity index (χ3v) is 6.58. The van der Waals surface area contributed by atoms with Gasteiger partial charge in [0.05, 0.1) is 18.0 Å². The molecule has 1 fully saturated rings. The van der Waals surface area contributed by atoms with E-state index in [4.69, 9.17) is 9.47 Å². The molecular formula is C29H24F2N2O3. The van der Waals surface area contributed by atoms with Crippen molar-refractivity contribution in [3.8, 4) is 11.5 Å². The summed E-state index contributed by atoms with van der Waals surface area (Å²) in [5.41, 5.74) is 3.58. The van der Waals surface area contributed by atoms with Gasteiger partial charge in [-0.15, -0.1) is 0 Å². The summed E-state index contributed by atoms with van der Waals surface area (Å²) in [4.78, 5) is 12.2. The topological polar surface area (TPSA) is 64.2 Å². The Balaban J connectivity index is 1.85. The van der Waals surface area contributed by atoms with E-state index < -0.39 is 17.7 Å². The fraction of sp³-hybridized carbons (Fsp3) is 0.172. The Labute approximate surface area is 207 Å². The van der Waals surface area contributed by atoms with E-state index >= 15 is 4.39 Å². The van der Waals surface area contributed by atoms with Gasteiger partial charge in [-0.1, -0.05) is 37.3 Å². The monoisotopic (exact) mass is 486 g/mol. The van der Waals surface area contributed by atoms with Crippen LogP contribution in [0.3, 0.4) is 0 Å². The molecule has 0 saturated heterocycles. The Morgan fingerprint density at radius 2 is 1.89 bits per heavy atom. The number of allylic oxidation sites excluding steroid dienone is 1. The quantitative estimate of drug-likeness (QED) is 0.137. The van der Waals surface area contributed by atoms with E-state index in [-0.39, 0.29) is 5.92 Å². The number of nitrogens with zero attached hydrogens (tertiary/aromatic N) is 1. The fourth-order valence-corrected chi connectivity index (χ4v) is 4.60. The number of para-hydroxylation sites is 1. The van der Waals surface area contributed by atoms with Crippen LogP contribution in [-0.2, 0) is 4.79 Å². The van der Waals surface area contributed by atoms with Crippen molar-refractivity contribution in [1.82, 2.24) is 10.2 Å². The number of hydrogen-bond donors (Lipinski definition) is 1. The maximum absolute atomic E-state index is 15.5. The van der Waals surface area contributed by atoms with Crippen LogP contribution in [0.4, 0.5) is 8.78 Å². The zero-order valence-electron chi connectivity index (χ0n) is 19.7. The zero-order chi connectivity index (χ0) is 25.2. The number of halogens is 2. The molecule has 182 valence electrons. The standard InChI is InChI=1S/C29H24F2N2O3/c1-3-26(34)36-25-10-5-4-9-21(25)28(18-11-14-24-22(15-18)29(31)33-32-24)27(17-7-6-8-17)20-13-12-19(35-2)16-23(20)30/h3-5,9-17H,1,6-8H2,2H3,(H,32,33)/b28-27-. The normalized spacial score (nSPS) is 14.2. The Hall–Kier alpha value is -4.26. The van der Waals surface area contributed by atoms with Gasteiger partial charge in [-0.25, -0.2) is 9.18 Å². The molecule has 1 aliphatic carbocycles. The number of esters is 1. The largest absolute Gasteiger partial charge is 0.497 e. The molecule has 1 aliphatic rings. The van der Waals surface area contributed by atoms with Gasteiger partial charge in [-0.3, -0.25) is 5.10 Å². The summed E-state index contributed by atoms with van der Waals surface area (Å²) in [5, 5.41) is 6.67. The number of carbonyl (C=O) groups is 1. The Morgan fingerprint density at radius 1 is 1.08 bits per heavy atom. The molecule has 1 saturated carbocycles. The van der Waals surface area contributed by atoms with Crippen LogP contribution in [0.5, 0.6) is 11.5 Å². The van der Waals surface area contributed by atoms with Crippen molar-refractivity contribution in [2.75, 3.05) is 7.11 Å². The molecule has 7 heteroatoms. The van der Waals surface area contributed by atoms with Crippen LogP contribution in [0.1, 0.15) is 36.0 Å². The zero-order valence-corrected chi connectivity index (χ0v) is 19.7. The van der Waals surface area contributed by atoms with Crippen LogP contribution in [0, 0.1) is 17.7 Å². The average molecular weight is 487 g/mol.